The van der Waals surface area contributed by atoms with Crippen molar-refractivity contribution in [2.75, 3.05) is 13.1 Å². The number of nitrogens with zero attached hydrogens (tertiary/aromatic N) is 5. The Hall–Kier alpha value is -3.00. The van der Waals surface area contributed by atoms with Crippen molar-refractivity contribution >= 4 is 23.2 Å². The van der Waals surface area contributed by atoms with Crippen molar-refractivity contribution in [3.8, 4) is 0 Å². The fourth-order valence-electron chi connectivity index (χ4n) is 4.55. The zero-order valence-electron chi connectivity index (χ0n) is 17.3. The second-order valence-corrected chi connectivity index (χ2v) is 9.24. The molecule has 1 fully saturated rings. The molecule has 0 bridgehead atoms. The largest absolute Gasteiger partial charge is 0.338 e. The minimum atomic E-state index is -0.0854. The highest BCUT2D eigenvalue weighted by Crippen LogP contribution is 2.22. The minimum Gasteiger partial charge on any atom is -0.338 e. The predicted molar refractivity (Wildman–Crippen MR) is 118 cm³/mol. The summed E-state index contributed by atoms with van der Waals surface area (Å²) < 4.78 is 1.71. The van der Waals surface area contributed by atoms with Crippen LogP contribution in [0.4, 0.5) is 0 Å². The molecule has 1 unspecified atom stereocenters. The zero-order valence-corrected chi connectivity index (χ0v) is 18.1. The number of aromatic nitrogens is 3. The van der Waals surface area contributed by atoms with Crippen LogP contribution in [0.15, 0.2) is 48.0 Å². The van der Waals surface area contributed by atoms with Gasteiger partial charge in [0.2, 0.25) is 5.91 Å². The van der Waals surface area contributed by atoms with Crippen LogP contribution in [0.3, 0.4) is 0 Å². The second kappa shape index (κ2) is 8.63. The van der Waals surface area contributed by atoms with Crippen LogP contribution in [0.25, 0.3) is 0 Å². The number of likely N-dealkylation sites (tertiary alicyclic amines) is 1. The first-order chi connectivity index (χ1) is 15.2. The number of thiophene rings is 1. The quantitative estimate of drug-likeness (QED) is 0.618. The molecule has 1 aromatic carbocycles. The lowest BCUT2D eigenvalue weighted by Crippen LogP contribution is -2.39. The average molecular weight is 436 g/mol. The van der Waals surface area contributed by atoms with Crippen LogP contribution in [-0.2, 0) is 30.7 Å². The van der Waals surface area contributed by atoms with E-state index in [4.69, 9.17) is 0 Å². The van der Waals surface area contributed by atoms with Gasteiger partial charge in [-0.2, -0.15) is 0 Å². The van der Waals surface area contributed by atoms with E-state index < -0.39 is 0 Å². The topological polar surface area (TPSA) is 71.3 Å². The number of benzene rings is 1. The lowest BCUT2D eigenvalue weighted by Gasteiger charge is -2.28. The van der Waals surface area contributed by atoms with Gasteiger partial charge in [-0.3, -0.25) is 9.59 Å². The molecule has 3 aromatic rings. The number of rotatable bonds is 5. The fourth-order valence-corrected chi connectivity index (χ4v) is 5.25. The summed E-state index contributed by atoms with van der Waals surface area (Å²) in [7, 11) is 0. The van der Waals surface area contributed by atoms with Crippen LogP contribution in [0.2, 0.25) is 0 Å². The van der Waals surface area contributed by atoms with Crippen molar-refractivity contribution in [2.45, 2.75) is 44.8 Å². The molecule has 1 atom stereocenters. The molecule has 2 aliphatic heterocycles. The van der Waals surface area contributed by atoms with E-state index in [0.717, 1.165) is 30.7 Å². The van der Waals surface area contributed by atoms with E-state index in [9.17, 15) is 9.59 Å². The van der Waals surface area contributed by atoms with Crippen LogP contribution < -0.4 is 0 Å². The van der Waals surface area contributed by atoms with Crippen LogP contribution in [0, 0.1) is 0 Å². The van der Waals surface area contributed by atoms with Crippen molar-refractivity contribution < 1.29 is 9.59 Å². The number of carbonyl (C=O) groups excluding carboxylic acids is 2. The van der Waals surface area contributed by atoms with Gasteiger partial charge < -0.3 is 9.80 Å². The molecular formula is C23H25N5O2S. The number of hydrogen-bond donors (Lipinski definition) is 0. The lowest BCUT2D eigenvalue weighted by molar-refractivity contribution is -0.131. The Kier molecular flexibility index (Phi) is 5.55. The van der Waals surface area contributed by atoms with Gasteiger partial charge in [-0.15, -0.1) is 16.4 Å². The van der Waals surface area contributed by atoms with Gasteiger partial charge >= 0.3 is 0 Å². The van der Waals surface area contributed by atoms with Crippen molar-refractivity contribution in [2.24, 2.45) is 0 Å². The molecule has 0 radical (unpaired) electrons. The third kappa shape index (κ3) is 4.25. The number of fused-ring (bicyclic) bond motifs is 1. The Morgan fingerprint density at radius 2 is 1.97 bits per heavy atom. The van der Waals surface area contributed by atoms with E-state index >= 15 is 0 Å². The molecule has 0 spiro atoms. The number of carbonyl (C=O) groups is 2. The van der Waals surface area contributed by atoms with Crippen molar-refractivity contribution in [3.05, 3.63) is 69.7 Å². The first-order valence-corrected chi connectivity index (χ1v) is 11.6. The van der Waals surface area contributed by atoms with Gasteiger partial charge in [0, 0.05) is 24.5 Å². The van der Waals surface area contributed by atoms with Crippen LogP contribution in [0.1, 0.15) is 39.3 Å². The molecule has 7 nitrogen and oxygen atoms in total. The van der Waals surface area contributed by atoms with Gasteiger partial charge in [0.1, 0.15) is 0 Å². The molecule has 31 heavy (non-hydrogen) atoms. The van der Waals surface area contributed by atoms with Crippen LogP contribution in [0.5, 0.6) is 0 Å². The Bertz CT molecular complexity index is 1080. The number of hydrogen-bond acceptors (Lipinski definition) is 5. The SMILES string of the molecule is O=C(c1cn(CC2CCCN2C(=O)Cc2cccs2)nn1)N1CCc2ccccc2C1. The molecule has 0 saturated carbocycles. The standard InChI is InChI=1S/C23H25N5O2S/c29-22(13-20-8-4-12-31-20)28-10-3-7-19(28)15-27-16-21(24-25-27)23(30)26-11-9-17-5-1-2-6-18(17)14-26/h1-2,4-6,8,12,16,19H,3,7,9-11,13-15H2. The summed E-state index contributed by atoms with van der Waals surface area (Å²) in [6.07, 6.45) is 4.98. The van der Waals surface area contributed by atoms with Gasteiger partial charge in [0.15, 0.2) is 5.69 Å². The molecule has 2 aliphatic rings. The summed E-state index contributed by atoms with van der Waals surface area (Å²) in [5, 5.41) is 10.3. The van der Waals surface area contributed by atoms with E-state index in [1.54, 1.807) is 22.2 Å². The molecule has 0 aliphatic carbocycles. The van der Waals surface area contributed by atoms with Crippen molar-refractivity contribution in [1.29, 1.82) is 0 Å². The summed E-state index contributed by atoms with van der Waals surface area (Å²) >= 11 is 1.61. The minimum absolute atomic E-state index is 0.0854. The highest BCUT2D eigenvalue weighted by atomic mass is 32.1. The Balaban J connectivity index is 1.22. The first-order valence-electron chi connectivity index (χ1n) is 10.8. The summed E-state index contributed by atoms with van der Waals surface area (Å²) in [4.78, 5) is 30.6. The molecule has 2 amide bonds. The van der Waals surface area contributed by atoms with Crippen LogP contribution >= 0.6 is 11.3 Å². The van der Waals surface area contributed by atoms with Crippen molar-refractivity contribution in [3.63, 3.8) is 0 Å². The molecule has 1 saturated heterocycles. The highest BCUT2D eigenvalue weighted by molar-refractivity contribution is 7.10. The Morgan fingerprint density at radius 3 is 2.81 bits per heavy atom. The molecular weight excluding hydrogens is 410 g/mol. The summed E-state index contributed by atoms with van der Waals surface area (Å²) in [6.45, 7) is 2.65. The normalized spacial score (nSPS) is 18.3. The molecule has 4 heterocycles. The summed E-state index contributed by atoms with van der Waals surface area (Å²) in [6, 6.07) is 12.3. The van der Waals surface area contributed by atoms with Crippen molar-refractivity contribution in [1.82, 2.24) is 24.8 Å². The molecule has 0 N–H and O–H groups in total. The number of amides is 2. The predicted octanol–water partition coefficient (Wildman–Crippen LogP) is 2.77. The van der Waals surface area contributed by atoms with Crippen LogP contribution in [-0.4, -0.2) is 55.7 Å². The van der Waals surface area contributed by atoms with Gasteiger partial charge in [-0.25, -0.2) is 4.68 Å². The van der Waals surface area contributed by atoms with E-state index in [-0.39, 0.29) is 17.9 Å². The molecule has 2 aromatic heterocycles. The first kappa shape index (κ1) is 19.9. The second-order valence-electron chi connectivity index (χ2n) is 8.21. The summed E-state index contributed by atoms with van der Waals surface area (Å²) in [5.74, 6) is 0.0751. The third-order valence-electron chi connectivity index (χ3n) is 6.18. The maximum absolute atomic E-state index is 13.0. The molecule has 160 valence electrons. The maximum Gasteiger partial charge on any atom is 0.276 e. The Labute approximate surface area is 185 Å². The molecule has 8 heteroatoms. The monoisotopic (exact) mass is 435 g/mol. The van der Waals surface area contributed by atoms with E-state index in [1.807, 2.05) is 39.4 Å². The van der Waals surface area contributed by atoms with Gasteiger partial charge in [-0.05, 0) is 41.8 Å². The third-order valence-corrected chi connectivity index (χ3v) is 7.05. The lowest BCUT2D eigenvalue weighted by atomic mass is 10.00. The molecule has 5 rings (SSSR count). The fraction of sp³-hybridized carbons (Fsp3) is 0.391. The van der Waals surface area contributed by atoms with Gasteiger partial charge in [0.05, 0.1) is 25.2 Å². The summed E-state index contributed by atoms with van der Waals surface area (Å²) in [5.41, 5.74) is 2.87. The Morgan fingerprint density at radius 1 is 1.10 bits per heavy atom. The highest BCUT2D eigenvalue weighted by Gasteiger charge is 2.30. The smallest absolute Gasteiger partial charge is 0.276 e. The maximum atomic E-state index is 13.0. The average Bonchev–Trinajstić information content (AvgIpc) is 3.55. The van der Waals surface area contributed by atoms with E-state index in [2.05, 4.69) is 22.4 Å². The van der Waals surface area contributed by atoms with E-state index in [0.29, 0.717) is 31.7 Å². The zero-order chi connectivity index (χ0) is 21.2. The van der Waals surface area contributed by atoms with Gasteiger partial charge in [-0.1, -0.05) is 35.5 Å². The van der Waals surface area contributed by atoms with Gasteiger partial charge in [0.25, 0.3) is 5.91 Å². The van der Waals surface area contributed by atoms with E-state index in [1.165, 1.54) is 11.1 Å².